The van der Waals surface area contributed by atoms with E-state index in [2.05, 4.69) is 5.32 Å². The molecule has 1 atom stereocenters. The third-order valence-electron chi connectivity index (χ3n) is 2.11. The predicted octanol–water partition coefficient (Wildman–Crippen LogP) is 4.42. The van der Waals surface area contributed by atoms with Gasteiger partial charge >= 0.3 is 6.18 Å². The Morgan fingerprint density at radius 2 is 1.71 bits per heavy atom. The molecular weight excluding hydrogens is 274 g/mol. The van der Waals surface area contributed by atoms with Gasteiger partial charge in [-0.25, -0.2) is 0 Å². The highest BCUT2D eigenvalue weighted by atomic mass is 35.5. The monoisotopic (exact) mass is 285 g/mol. The summed E-state index contributed by atoms with van der Waals surface area (Å²) < 4.78 is 36.2. The minimum Gasteiger partial charge on any atom is -0.310 e. The Morgan fingerprint density at radius 1 is 1.18 bits per heavy atom. The number of alkyl halides is 3. The molecule has 6 heteroatoms. The van der Waals surface area contributed by atoms with Gasteiger partial charge < -0.3 is 5.32 Å². The normalized spacial score (nSPS) is 13.8. The summed E-state index contributed by atoms with van der Waals surface area (Å²) in [5.41, 5.74) is 0.761. The van der Waals surface area contributed by atoms with Crippen LogP contribution >= 0.6 is 23.2 Å². The first-order valence-electron chi connectivity index (χ1n) is 5.01. The van der Waals surface area contributed by atoms with Gasteiger partial charge in [-0.15, -0.1) is 0 Å². The first kappa shape index (κ1) is 14.6. The summed E-state index contributed by atoms with van der Waals surface area (Å²) in [6, 6.07) is 4.26. The lowest BCUT2D eigenvalue weighted by molar-refractivity contribution is -0.139. The van der Waals surface area contributed by atoms with Gasteiger partial charge in [0.15, 0.2) is 0 Å². The Bertz CT molecular complexity index is 359. The molecule has 1 aromatic carbocycles. The summed E-state index contributed by atoms with van der Waals surface area (Å²) in [7, 11) is 0. The fraction of sp³-hybridized carbons (Fsp3) is 0.455. The van der Waals surface area contributed by atoms with Gasteiger partial charge in [-0.2, -0.15) is 13.2 Å². The maximum Gasteiger partial charge on any atom is 0.390 e. The second-order valence-corrected chi connectivity index (χ2v) is 4.75. The number of rotatable bonds is 4. The van der Waals surface area contributed by atoms with Crippen LogP contribution in [0, 0.1) is 0 Å². The molecule has 0 spiro atoms. The molecule has 0 fully saturated rings. The Balaban J connectivity index is 2.50. The molecule has 0 aliphatic rings. The van der Waals surface area contributed by atoms with E-state index in [1.807, 2.05) is 0 Å². The maximum atomic E-state index is 12.1. The largest absolute Gasteiger partial charge is 0.390 e. The second-order valence-electron chi connectivity index (χ2n) is 3.88. The number of hydrogen-bond donors (Lipinski definition) is 1. The highest BCUT2D eigenvalue weighted by Gasteiger charge is 2.29. The van der Waals surface area contributed by atoms with Crippen molar-refractivity contribution in [3.8, 4) is 0 Å². The molecule has 0 aliphatic carbocycles. The van der Waals surface area contributed by atoms with Crippen molar-refractivity contribution in [3.05, 3.63) is 33.8 Å². The van der Waals surface area contributed by atoms with Crippen molar-refractivity contribution in [2.24, 2.45) is 0 Å². The zero-order chi connectivity index (χ0) is 13.1. The van der Waals surface area contributed by atoms with E-state index in [-0.39, 0.29) is 0 Å². The summed E-state index contributed by atoms with van der Waals surface area (Å²) in [5, 5.41) is 3.71. The lowest BCUT2D eigenvalue weighted by atomic mass is 10.2. The molecule has 17 heavy (non-hydrogen) atoms. The molecule has 1 N–H and O–H groups in total. The van der Waals surface area contributed by atoms with Gasteiger partial charge in [-0.1, -0.05) is 23.2 Å². The molecule has 1 rings (SSSR count). The lowest BCUT2D eigenvalue weighted by Crippen LogP contribution is -2.30. The van der Waals surface area contributed by atoms with Crippen LogP contribution in [0.15, 0.2) is 18.2 Å². The van der Waals surface area contributed by atoms with Crippen molar-refractivity contribution in [2.45, 2.75) is 32.1 Å². The molecule has 0 saturated carbocycles. The molecule has 1 unspecified atom stereocenters. The Hall–Kier alpha value is -0.450. The van der Waals surface area contributed by atoms with Crippen LogP contribution in [0.1, 0.15) is 18.9 Å². The fourth-order valence-electron chi connectivity index (χ4n) is 1.42. The predicted molar refractivity (Wildman–Crippen MR) is 63.4 cm³/mol. The van der Waals surface area contributed by atoms with Crippen molar-refractivity contribution in [1.29, 1.82) is 0 Å². The smallest absolute Gasteiger partial charge is 0.310 e. The molecule has 0 aliphatic heterocycles. The molecule has 0 amide bonds. The standard InChI is InChI=1S/C11H12Cl2F3N/c1-7(5-11(14,15)16)17-6-8-2-9(12)4-10(13)3-8/h2-4,7,17H,5-6H2,1H3. The van der Waals surface area contributed by atoms with Gasteiger partial charge in [-0.3, -0.25) is 0 Å². The third kappa shape index (κ3) is 6.15. The van der Waals surface area contributed by atoms with Crippen molar-refractivity contribution in [3.63, 3.8) is 0 Å². The second kappa shape index (κ2) is 5.94. The van der Waals surface area contributed by atoms with E-state index < -0.39 is 18.6 Å². The minimum atomic E-state index is -4.15. The highest BCUT2D eigenvalue weighted by molar-refractivity contribution is 6.34. The zero-order valence-corrected chi connectivity index (χ0v) is 10.6. The van der Waals surface area contributed by atoms with Crippen LogP contribution in [0.5, 0.6) is 0 Å². The summed E-state index contributed by atoms with van der Waals surface area (Å²) in [6.07, 6.45) is -5.01. The number of hydrogen-bond acceptors (Lipinski definition) is 1. The number of benzene rings is 1. The van der Waals surface area contributed by atoms with E-state index >= 15 is 0 Å². The van der Waals surface area contributed by atoms with Crippen LogP contribution in [0.25, 0.3) is 0 Å². The molecule has 0 aromatic heterocycles. The van der Waals surface area contributed by atoms with Gasteiger partial charge in [-0.05, 0) is 30.7 Å². The Morgan fingerprint density at radius 3 is 2.18 bits per heavy atom. The van der Waals surface area contributed by atoms with E-state index in [0.29, 0.717) is 16.6 Å². The van der Waals surface area contributed by atoms with Gasteiger partial charge in [0.25, 0.3) is 0 Å². The van der Waals surface area contributed by atoms with Crippen LogP contribution in [-0.4, -0.2) is 12.2 Å². The van der Waals surface area contributed by atoms with Crippen LogP contribution in [0.4, 0.5) is 13.2 Å². The van der Waals surface area contributed by atoms with Gasteiger partial charge in [0.05, 0.1) is 6.42 Å². The number of nitrogens with one attached hydrogen (secondary N) is 1. The molecule has 0 radical (unpaired) electrons. The SMILES string of the molecule is CC(CC(F)(F)F)NCc1cc(Cl)cc(Cl)c1. The molecule has 0 bridgehead atoms. The van der Waals surface area contributed by atoms with Gasteiger partial charge in [0.1, 0.15) is 0 Å². The first-order chi connectivity index (χ1) is 7.76. The summed E-state index contributed by atoms with van der Waals surface area (Å²) >= 11 is 11.6. The van der Waals surface area contributed by atoms with Gasteiger partial charge in [0.2, 0.25) is 0 Å². The van der Waals surface area contributed by atoms with Crippen LogP contribution in [-0.2, 0) is 6.54 Å². The molecule has 1 aromatic rings. The van der Waals surface area contributed by atoms with E-state index in [1.54, 1.807) is 18.2 Å². The number of halogens is 5. The highest BCUT2D eigenvalue weighted by Crippen LogP contribution is 2.22. The van der Waals surface area contributed by atoms with Crippen LogP contribution in [0.3, 0.4) is 0 Å². The average molecular weight is 286 g/mol. The van der Waals surface area contributed by atoms with E-state index in [1.165, 1.54) is 6.92 Å². The van der Waals surface area contributed by atoms with Crippen molar-refractivity contribution in [2.75, 3.05) is 0 Å². The molecule has 1 nitrogen and oxygen atoms in total. The zero-order valence-electron chi connectivity index (χ0n) is 9.11. The molecule has 0 saturated heterocycles. The topological polar surface area (TPSA) is 12.0 Å². The summed E-state index contributed by atoms with van der Waals surface area (Å²) in [5.74, 6) is 0. The third-order valence-corrected chi connectivity index (χ3v) is 2.55. The van der Waals surface area contributed by atoms with E-state index in [4.69, 9.17) is 23.2 Å². The quantitative estimate of drug-likeness (QED) is 0.863. The van der Waals surface area contributed by atoms with Crippen LogP contribution in [0.2, 0.25) is 10.0 Å². The van der Waals surface area contributed by atoms with E-state index in [0.717, 1.165) is 5.56 Å². The molecular formula is C11H12Cl2F3N. The fourth-order valence-corrected chi connectivity index (χ4v) is 2.00. The van der Waals surface area contributed by atoms with Crippen molar-refractivity contribution < 1.29 is 13.2 Å². The first-order valence-corrected chi connectivity index (χ1v) is 5.77. The Labute approximate surface area is 108 Å². The summed E-state index contributed by atoms with van der Waals surface area (Å²) in [4.78, 5) is 0. The summed E-state index contributed by atoms with van der Waals surface area (Å²) in [6.45, 7) is 1.79. The van der Waals surface area contributed by atoms with Crippen LogP contribution < -0.4 is 5.32 Å². The average Bonchev–Trinajstić information content (AvgIpc) is 2.10. The van der Waals surface area contributed by atoms with Crippen molar-refractivity contribution >= 4 is 23.2 Å². The molecule has 0 heterocycles. The Kier molecular flexibility index (Phi) is 5.10. The van der Waals surface area contributed by atoms with Gasteiger partial charge in [0, 0.05) is 22.6 Å². The lowest BCUT2D eigenvalue weighted by Gasteiger charge is -2.16. The van der Waals surface area contributed by atoms with Crippen molar-refractivity contribution in [1.82, 2.24) is 5.32 Å². The van der Waals surface area contributed by atoms with E-state index in [9.17, 15) is 13.2 Å². The maximum absolute atomic E-state index is 12.1. The molecule has 96 valence electrons. The minimum absolute atomic E-state index is 0.303.